The summed E-state index contributed by atoms with van der Waals surface area (Å²) in [7, 11) is 0. The van der Waals surface area contributed by atoms with Gasteiger partial charge in [-0.15, -0.1) is 22.7 Å². The number of rotatable bonds is 16. The predicted molar refractivity (Wildman–Crippen MR) is 177 cm³/mol. The van der Waals surface area contributed by atoms with Gasteiger partial charge in [-0.3, -0.25) is 0 Å². The van der Waals surface area contributed by atoms with Crippen LogP contribution in [0.15, 0.2) is 12.1 Å². The third-order valence-electron chi connectivity index (χ3n) is 8.41. The van der Waals surface area contributed by atoms with E-state index in [1.54, 1.807) is 0 Å². The van der Waals surface area contributed by atoms with Gasteiger partial charge in [-0.2, -0.15) is 8.75 Å². The highest BCUT2D eigenvalue weighted by atomic mass is 32.1. The maximum atomic E-state index is 4.88. The third-order valence-corrected chi connectivity index (χ3v) is 11.2. The zero-order chi connectivity index (χ0) is 27.8. The lowest BCUT2D eigenvalue weighted by Crippen LogP contribution is -1.93. The zero-order valence-corrected chi connectivity index (χ0v) is 27.6. The van der Waals surface area contributed by atoms with Gasteiger partial charge in [-0.1, -0.05) is 78.1 Å². The molecule has 5 heteroatoms. The molecule has 39 heavy (non-hydrogen) atoms. The van der Waals surface area contributed by atoms with Crippen LogP contribution >= 0.6 is 34.4 Å². The van der Waals surface area contributed by atoms with E-state index in [0.717, 1.165) is 11.0 Å². The molecule has 0 saturated carbocycles. The molecule has 4 rings (SSSR count). The molecule has 1 aromatic carbocycles. The van der Waals surface area contributed by atoms with E-state index in [1.807, 2.05) is 22.7 Å². The van der Waals surface area contributed by atoms with Crippen molar-refractivity contribution in [2.45, 2.75) is 131 Å². The second kappa shape index (κ2) is 14.9. The Morgan fingerprint density at radius 2 is 0.923 bits per heavy atom. The van der Waals surface area contributed by atoms with Crippen molar-refractivity contribution in [1.29, 1.82) is 0 Å². The van der Waals surface area contributed by atoms with Gasteiger partial charge in [0.1, 0.15) is 11.0 Å². The molecule has 0 unspecified atom stereocenters. The van der Waals surface area contributed by atoms with Crippen LogP contribution in [0.25, 0.3) is 31.9 Å². The highest BCUT2D eigenvalue weighted by Gasteiger charge is 2.23. The minimum atomic E-state index is 1.09. The molecule has 2 nitrogen and oxygen atoms in total. The molecule has 4 aromatic rings. The molecule has 0 spiro atoms. The standard InChI is InChI=1S/C34H48N2S3/c1-7-9-11-13-15-17-19-27-21-29(37-25(27)5)31-23(3)24(4)32(34-33(31)35-39-36-34)30-22-28(26(6)38-30)20-18-16-14-12-10-8-2/h21-22H,7-20H2,1-6H3. The first kappa shape index (κ1) is 30.4. The Bertz CT molecular complexity index is 1240. The number of unbranched alkanes of at least 4 members (excludes halogenated alkanes) is 10. The topological polar surface area (TPSA) is 25.8 Å². The number of fused-ring (bicyclic) bond motifs is 1. The summed E-state index contributed by atoms with van der Waals surface area (Å²) in [5.74, 6) is 0. The van der Waals surface area contributed by atoms with Gasteiger partial charge >= 0.3 is 0 Å². The summed E-state index contributed by atoms with van der Waals surface area (Å²) in [5, 5.41) is 0. The van der Waals surface area contributed by atoms with Crippen LogP contribution < -0.4 is 0 Å². The molecule has 0 aliphatic carbocycles. The lowest BCUT2D eigenvalue weighted by Gasteiger charge is -2.13. The van der Waals surface area contributed by atoms with Gasteiger partial charge in [0.2, 0.25) is 0 Å². The highest BCUT2D eigenvalue weighted by Crippen LogP contribution is 2.45. The molecule has 212 valence electrons. The predicted octanol–water partition coefficient (Wildman–Crippen LogP) is 12.2. The van der Waals surface area contributed by atoms with Crippen LogP contribution in [0.3, 0.4) is 0 Å². The second-order valence-electron chi connectivity index (χ2n) is 11.4. The maximum absolute atomic E-state index is 4.88. The average Bonchev–Trinajstić information content (AvgIpc) is 3.63. The van der Waals surface area contributed by atoms with Gasteiger partial charge in [0.25, 0.3) is 0 Å². The fourth-order valence-electron chi connectivity index (χ4n) is 5.82. The largest absolute Gasteiger partial charge is 0.172 e. The molecule has 0 bridgehead atoms. The van der Waals surface area contributed by atoms with Crippen molar-refractivity contribution in [1.82, 2.24) is 8.75 Å². The monoisotopic (exact) mass is 580 g/mol. The smallest absolute Gasteiger partial charge is 0.114 e. The van der Waals surface area contributed by atoms with Crippen molar-refractivity contribution < 1.29 is 0 Å². The second-order valence-corrected chi connectivity index (χ2v) is 14.4. The normalized spacial score (nSPS) is 11.7. The molecule has 0 radical (unpaired) electrons. The summed E-state index contributed by atoms with van der Waals surface area (Å²) < 4.78 is 9.76. The van der Waals surface area contributed by atoms with Crippen molar-refractivity contribution in [2.24, 2.45) is 0 Å². The van der Waals surface area contributed by atoms with Crippen molar-refractivity contribution >= 4 is 45.4 Å². The molecule has 3 aromatic heterocycles. The zero-order valence-electron chi connectivity index (χ0n) is 25.2. The van der Waals surface area contributed by atoms with Crippen LogP contribution in [0, 0.1) is 27.7 Å². The average molecular weight is 581 g/mol. The van der Waals surface area contributed by atoms with Crippen LogP contribution in [0.5, 0.6) is 0 Å². The van der Waals surface area contributed by atoms with Gasteiger partial charge in [0.05, 0.1) is 11.7 Å². The number of hydrogen-bond donors (Lipinski definition) is 0. The first-order valence-corrected chi connectivity index (χ1v) is 17.8. The van der Waals surface area contributed by atoms with E-state index in [-0.39, 0.29) is 0 Å². The maximum Gasteiger partial charge on any atom is 0.114 e. The molecule has 0 fully saturated rings. The Labute approximate surface area is 249 Å². The molecular formula is C34H48N2S3. The molecule has 0 aliphatic heterocycles. The summed E-state index contributed by atoms with van der Waals surface area (Å²) in [5.41, 5.74) is 10.6. The van der Waals surface area contributed by atoms with E-state index in [4.69, 9.17) is 8.75 Å². The van der Waals surface area contributed by atoms with E-state index in [1.165, 1.54) is 155 Å². The Morgan fingerprint density at radius 1 is 0.538 bits per heavy atom. The summed E-state index contributed by atoms with van der Waals surface area (Å²) in [6, 6.07) is 4.92. The summed E-state index contributed by atoms with van der Waals surface area (Å²) >= 11 is 5.25. The van der Waals surface area contributed by atoms with Crippen molar-refractivity contribution in [3.8, 4) is 20.9 Å². The Balaban J connectivity index is 1.56. The molecule has 0 N–H and O–H groups in total. The molecule has 3 heterocycles. The van der Waals surface area contributed by atoms with E-state index in [2.05, 4.69) is 53.7 Å². The van der Waals surface area contributed by atoms with Gasteiger partial charge < -0.3 is 0 Å². The fraction of sp³-hybridized carbons (Fsp3) is 0.588. The lowest BCUT2D eigenvalue weighted by atomic mass is 9.93. The van der Waals surface area contributed by atoms with Crippen LogP contribution in [-0.2, 0) is 12.8 Å². The number of benzene rings is 1. The fourth-order valence-corrected chi connectivity index (χ4v) is 8.73. The van der Waals surface area contributed by atoms with Crippen LogP contribution in [0.1, 0.15) is 123 Å². The van der Waals surface area contributed by atoms with Crippen LogP contribution in [-0.4, -0.2) is 8.75 Å². The first-order valence-electron chi connectivity index (χ1n) is 15.4. The van der Waals surface area contributed by atoms with Gasteiger partial charge in [0.15, 0.2) is 0 Å². The number of thiophene rings is 2. The molecule has 0 amide bonds. The van der Waals surface area contributed by atoms with E-state index >= 15 is 0 Å². The Kier molecular flexibility index (Phi) is 11.6. The highest BCUT2D eigenvalue weighted by molar-refractivity contribution is 7.16. The van der Waals surface area contributed by atoms with Crippen molar-refractivity contribution in [3.05, 3.63) is 44.1 Å². The van der Waals surface area contributed by atoms with E-state index < -0.39 is 0 Å². The van der Waals surface area contributed by atoms with Gasteiger partial charge in [-0.05, 0) is 87.8 Å². The molecule has 0 atom stereocenters. The lowest BCUT2D eigenvalue weighted by molar-refractivity contribution is 0.607. The molecular weight excluding hydrogens is 533 g/mol. The summed E-state index contributed by atoms with van der Waals surface area (Å²) in [4.78, 5) is 5.65. The first-order chi connectivity index (χ1) is 19.0. The quantitative estimate of drug-likeness (QED) is 0.123. The minimum absolute atomic E-state index is 1.09. The van der Waals surface area contributed by atoms with Gasteiger partial charge in [-0.25, -0.2) is 0 Å². The van der Waals surface area contributed by atoms with Crippen LogP contribution in [0.4, 0.5) is 0 Å². The Morgan fingerprint density at radius 3 is 1.33 bits per heavy atom. The summed E-state index contributed by atoms with van der Waals surface area (Å²) in [6.07, 6.45) is 18.6. The van der Waals surface area contributed by atoms with E-state index in [0.29, 0.717) is 0 Å². The van der Waals surface area contributed by atoms with Crippen molar-refractivity contribution in [2.75, 3.05) is 0 Å². The molecule has 0 aliphatic rings. The SMILES string of the molecule is CCCCCCCCc1cc(-c2c(C)c(C)c(-c3cc(CCCCCCCC)c(C)s3)c3nsnc23)sc1C. The van der Waals surface area contributed by atoms with Crippen molar-refractivity contribution in [3.63, 3.8) is 0 Å². The number of aryl methyl sites for hydroxylation is 4. The van der Waals surface area contributed by atoms with Gasteiger partial charge in [0, 0.05) is 30.6 Å². The number of hydrogen-bond acceptors (Lipinski definition) is 5. The summed E-state index contributed by atoms with van der Waals surface area (Å²) in [6.45, 7) is 13.8. The third kappa shape index (κ3) is 7.40. The Hall–Kier alpha value is -1.56. The number of nitrogens with zero attached hydrogens (tertiary/aromatic N) is 2. The number of aromatic nitrogens is 2. The molecule has 0 saturated heterocycles. The van der Waals surface area contributed by atoms with Crippen LogP contribution in [0.2, 0.25) is 0 Å². The minimum Gasteiger partial charge on any atom is -0.172 e. The van der Waals surface area contributed by atoms with E-state index in [9.17, 15) is 0 Å².